The van der Waals surface area contributed by atoms with Gasteiger partial charge in [-0.2, -0.15) is 0 Å². The van der Waals surface area contributed by atoms with E-state index in [1.165, 1.54) is 24.5 Å². The number of nitrogen functional groups attached to an aromatic ring is 1. The van der Waals surface area contributed by atoms with Gasteiger partial charge in [0.15, 0.2) is 5.76 Å². The van der Waals surface area contributed by atoms with Crippen LogP contribution in [0.4, 0.5) is 17.1 Å². The Hall–Kier alpha value is -2.96. The lowest BCUT2D eigenvalue weighted by Gasteiger charge is -2.10. The molecule has 0 atom stereocenters. The maximum Gasteiger partial charge on any atom is 0.291 e. The fourth-order valence-electron chi connectivity index (χ4n) is 2.20. The molecule has 0 spiro atoms. The summed E-state index contributed by atoms with van der Waals surface area (Å²) in [5, 5.41) is 5.82. The molecule has 0 aliphatic carbocycles. The zero-order valence-electron chi connectivity index (χ0n) is 13.3. The van der Waals surface area contributed by atoms with Crippen molar-refractivity contribution >= 4 is 52.1 Å². The van der Waals surface area contributed by atoms with Crippen LogP contribution in [-0.2, 0) is 0 Å². The minimum atomic E-state index is -0.412. The Morgan fingerprint density at radius 2 is 1.58 bits per heavy atom. The molecular formula is C18H13Cl2N3O3. The third-order valence-corrected chi connectivity index (χ3v) is 4.09. The van der Waals surface area contributed by atoms with Gasteiger partial charge in [0.2, 0.25) is 0 Å². The predicted molar refractivity (Wildman–Crippen MR) is 102 cm³/mol. The van der Waals surface area contributed by atoms with E-state index in [-0.39, 0.29) is 21.5 Å². The molecule has 0 fully saturated rings. The number of rotatable bonds is 4. The molecule has 0 bridgehead atoms. The lowest BCUT2D eigenvalue weighted by atomic mass is 10.1. The summed E-state index contributed by atoms with van der Waals surface area (Å²) in [5.41, 5.74) is 7.12. The van der Waals surface area contributed by atoms with Crippen molar-refractivity contribution in [3.8, 4) is 0 Å². The normalized spacial score (nSPS) is 10.4. The van der Waals surface area contributed by atoms with Crippen molar-refractivity contribution in [2.45, 2.75) is 0 Å². The Morgan fingerprint density at radius 3 is 2.23 bits per heavy atom. The number of nitrogens with two attached hydrogens (primary N) is 1. The number of halogens is 2. The van der Waals surface area contributed by atoms with E-state index in [1.807, 2.05) is 0 Å². The highest BCUT2D eigenvalue weighted by Gasteiger charge is 2.12. The Kier molecular flexibility index (Phi) is 5.16. The Bertz CT molecular complexity index is 949. The van der Waals surface area contributed by atoms with E-state index >= 15 is 0 Å². The molecule has 8 heteroatoms. The van der Waals surface area contributed by atoms with E-state index in [1.54, 1.807) is 30.3 Å². The fraction of sp³-hybridized carbons (Fsp3) is 0. The van der Waals surface area contributed by atoms with Gasteiger partial charge in [-0.1, -0.05) is 29.3 Å². The van der Waals surface area contributed by atoms with Gasteiger partial charge in [-0.25, -0.2) is 0 Å². The van der Waals surface area contributed by atoms with Gasteiger partial charge in [-0.05, 0) is 42.5 Å². The number of hydrogen-bond acceptors (Lipinski definition) is 4. The number of carbonyl (C=O) groups excluding carboxylic acids is 2. The van der Waals surface area contributed by atoms with Crippen LogP contribution in [0, 0.1) is 0 Å². The molecule has 0 unspecified atom stereocenters. The van der Waals surface area contributed by atoms with E-state index < -0.39 is 11.8 Å². The van der Waals surface area contributed by atoms with Crippen LogP contribution in [0.25, 0.3) is 0 Å². The SMILES string of the molecule is Nc1c(Cl)cc(NC(=O)c2cccc(NC(=O)c3ccco3)c2)cc1Cl. The number of hydrogen-bond donors (Lipinski definition) is 3. The van der Waals surface area contributed by atoms with Crippen LogP contribution in [0.1, 0.15) is 20.9 Å². The minimum Gasteiger partial charge on any atom is -0.459 e. The van der Waals surface area contributed by atoms with Gasteiger partial charge in [0, 0.05) is 16.9 Å². The highest BCUT2D eigenvalue weighted by molar-refractivity contribution is 6.39. The van der Waals surface area contributed by atoms with Crippen LogP contribution >= 0.6 is 23.2 Å². The summed E-state index contributed by atoms with van der Waals surface area (Å²) < 4.78 is 5.03. The van der Waals surface area contributed by atoms with E-state index in [4.69, 9.17) is 33.4 Å². The zero-order chi connectivity index (χ0) is 18.7. The smallest absolute Gasteiger partial charge is 0.291 e. The molecule has 0 aliphatic heterocycles. The number of nitrogens with one attached hydrogen (secondary N) is 2. The molecule has 1 heterocycles. The number of benzene rings is 2. The van der Waals surface area contributed by atoms with Crippen molar-refractivity contribution in [3.05, 3.63) is 76.2 Å². The van der Waals surface area contributed by atoms with E-state index in [0.29, 0.717) is 16.9 Å². The Labute approximate surface area is 158 Å². The maximum atomic E-state index is 12.4. The average Bonchev–Trinajstić information content (AvgIpc) is 3.14. The molecule has 3 rings (SSSR count). The van der Waals surface area contributed by atoms with Crippen LogP contribution in [0.5, 0.6) is 0 Å². The number of carbonyl (C=O) groups is 2. The summed E-state index contributed by atoms with van der Waals surface area (Å²) in [6, 6.07) is 12.6. The predicted octanol–water partition coefficient (Wildman–Crippen LogP) is 4.67. The first-order valence-corrected chi connectivity index (χ1v) is 8.20. The molecule has 0 saturated carbocycles. The minimum absolute atomic E-state index is 0.172. The average molecular weight is 390 g/mol. The monoisotopic (exact) mass is 389 g/mol. The van der Waals surface area contributed by atoms with Crippen molar-refractivity contribution in [1.29, 1.82) is 0 Å². The third kappa shape index (κ3) is 3.99. The van der Waals surface area contributed by atoms with E-state index in [0.717, 1.165) is 0 Å². The van der Waals surface area contributed by atoms with Crippen LogP contribution in [0.3, 0.4) is 0 Å². The van der Waals surface area contributed by atoms with Crippen LogP contribution in [0.2, 0.25) is 10.0 Å². The van der Waals surface area contributed by atoms with Crippen molar-refractivity contribution in [1.82, 2.24) is 0 Å². The second-order valence-corrected chi connectivity index (χ2v) is 6.13. The molecular weight excluding hydrogens is 377 g/mol. The lowest BCUT2D eigenvalue weighted by Crippen LogP contribution is -2.14. The summed E-state index contributed by atoms with van der Waals surface area (Å²) in [4.78, 5) is 24.4. The van der Waals surface area contributed by atoms with Crippen LogP contribution < -0.4 is 16.4 Å². The third-order valence-electron chi connectivity index (χ3n) is 3.46. The van der Waals surface area contributed by atoms with Crippen molar-refractivity contribution in [3.63, 3.8) is 0 Å². The Morgan fingerprint density at radius 1 is 0.885 bits per heavy atom. The van der Waals surface area contributed by atoms with Gasteiger partial charge in [-0.15, -0.1) is 0 Å². The second-order valence-electron chi connectivity index (χ2n) is 5.32. The summed E-state index contributed by atoms with van der Waals surface area (Å²) in [5.74, 6) is -0.633. The summed E-state index contributed by atoms with van der Waals surface area (Å²) in [6.45, 7) is 0. The van der Waals surface area contributed by atoms with Gasteiger partial charge in [0.25, 0.3) is 11.8 Å². The highest BCUT2D eigenvalue weighted by atomic mass is 35.5. The molecule has 2 amide bonds. The van der Waals surface area contributed by atoms with E-state index in [2.05, 4.69) is 10.6 Å². The molecule has 0 radical (unpaired) electrons. The summed E-state index contributed by atoms with van der Waals surface area (Å²) in [6.07, 6.45) is 1.40. The molecule has 3 aromatic rings. The van der Waals surface area contributed by atoms with E-state index in [9.17, 15) is 9.59 Å². The van der Waals surface area contributed by atoms with Crippen molar-refractivity contribution < 1.29 is 14.0 Å². The van der Waals surface area contributed by atoms with Crippen molar-refractivity contribution in [2.24, 2.45) is 0 Å². The highest BCUT2D eigenvalue weighted by Crippen LogP contribution is 2.31. The first-order chi connectivity index (χ1) is 12.4. The molecule has 0 saturated heterocycles. The summed E-state index contributed by atoms with van der Waals surface area (Å²) in [7, 11) is 0. The maximum absolute atomic E-state index is 12.4. The van der Waals surface area contributed by atoms with Gasteiger partial charge in [-0.3, -0.25) is 9.59 Å². The number of anilines is 3. The molecule has 1 aromatic heterocycles. The van der Waals surface area contributed by atoms with Crippen LogP contribution in [0.15, 0.2) is 59.2 Å². The summed E-state index contributed by atoms with van der Waals surface area (Å²) >= 11 is 11.9. The molecule has 26 heavy (non-hydrogen) atoms. The first kappa shape index (κ1) is 17.8. The largest absolute Gasteiger partial charge is 0.459 e. The van der Waals surface area contributed by atoms with Crippen molar-refractivity contribution in [2.75, 3.05) is 16.4 Å². The lowest BCUT2D eigenvalue weighted by molar-refractivity contribution is 0.0993. The zero-order valence-corrected chi connectivity index (χ0v) is 14.8. The molecule has 6 nitrogen and oxygen atoms in total. The number of furan rings is 1. The number of amides is 2. The molecule has 4 N–H and O–H groups in total. The van der Waals surface area contributed by atoms with Gasteiger partial charge in [0.1, 0.15) is 0 Å². The molecule has 132 valence electrons. The van der Waals surface area contributed by atoms with Gasteiger partial charge in [0.05, 0.1) is 22.0 Å². The Balaban J connectivity index is 1.75. The quantitative estimate of drug-likeness (QED) is 0.564. The first-order valence-electron chi connectivity index (χ1n) is 7.45. The second kappa shape index (κ2) is 7.51. The van der Waals surface area contributed by atoms with Gasteiger partial charge >= 0.3 is 0 Å². The standard InChI is InChI=1S/C18H13Cl2N3O3/c19-13-8-12(9-14(20)16(13)21)23-17(24)10-3-1-4-11(7-10)22-18(25)15-5-2-6-26-15/h1-9H,21H2,(H,22,25)(H,23,24). The topological polar surface area (TPSA) is 97.4 Å². The molecule has 0 aliphatic rings. The van der Waals surface area contributed by atoms with Gasteiger partial charge < -0.3 is 20.8 Å². The molecule has 2 aromatic carbocycles. The fourth-order valence-corrected chi connectivity index (χ4v) is 2.69. The van der Waals surface area contributed by atoms with Crippen LogP contribution in [-0.4, -0.2) is 11.8 Å².